The summed E-state index contributed by atoms with van der Waals surface area (Å²) in [6.07, 6.45) is 19.1. The molecule has 39 heavy (non-hydrogen) atoms. The van der Waals surface area contributed by atoms with Crippen molar-refractivity contribution in [3.8, 4) is 11.5 Å². The van der Waals surface area contributed by atoms with Gasteiger partial charge < -0.3 is 21.9 Å². The Kier molecular flexibility index (Phi) is 15.5. The normalized spacial score (nSPS) is 12.7. The van der Waals surface area contributed by atoms with Gasteiger partial charge in [-0.05, 0) is 42.3 Å². The van der Waals surface area contributed by atoms with Crippen LogP contribution in [0.2, 0.25) is 0 Å². The molecule has 3 nitrogen and oxygen atoms in total. The van der Waals surface area contributed by atoms with Crippen molar-refractivity contribution >= 4 is 5.71 Å². The fourth-order valence-corrected chi connectivity index (χ4v) is 5.59. The van der Waals surface area contributed by atoms with E-state index in [0.717, 1.165) is 42.9 Å². The summed E-state index contributed by atoms with van der Waals surface area (Å²) >= 11 is 0. The first kappa shape index (κ1) is 33.1. The van der Waals surface area contributed by atoms with Gasteiger partial charge in [0.05, 0.1) is 14.2 Å². The largest absolute Gasteiger partial charge is 1.00 e. The van der Waals surface area contributed by atoms with E-state index in [1.54, 1.807) is 20.3 Å². The average Bonchev–Trinajstić information content (AvgIpc) is 2.93. The summed E-state index contributed by atoms with van der Waals surface area (Å²) in [6, 6.07) is 8.41. The Labute approximate surface area is 241 Å². The zero-order valence-electron chi connectivity index (χ0n) is 24.3. The number of hydrogen-bond donors (Lipinski definition) is 0. The van der Waals surface area contributed by atoms with Gasteiger partial charge in [-0.3, -0.25) is 0 Å². The highest BCUT2D eigenvalue weighted by atomic mass is 35.5. The van der Waals surface area contributed by atoms with Gasteiger partial charge in [-0.1, -0.05) is 84.0 Å². The number of ether oxygens (including phenoxy) is 2. The second kappa shape index (κ2) is 18.3. The molecule has 0 N–H and O–H groups in total. The van der Waals surface area contributed by atoms with Crippen LogP contribution in [0, 0.1) is 11.6 Å². The predicted octanol–water partition coefficient (Wildman–Crippen LogP) is 6.03. The quantitative estimate of drug-likeness (QED) is 0.163. The maximum atomic E-state index is 13.9. The zero-order valence-corrected chi connectivity index (χ0v) is 25.1. The SMILES string of the molecule is CCCCCCCCCCCCCCCC1=[N+](Cc2ccc(F)c(F)c2)CCc2cc(OC)c(OC)cc21.[Cl-]. The first-order valence-corrected chi connectivity index (χ1v) is 14.9. The standard InChI is InChI=1S/C33H48F2NO2.ClH/c1-4-5-6-7-8-9-10-11-12-13-14-15-16-17-31-28-24-33(38-3)32(37-2)23-27(28)20-21-36(31)25-26-18-19-29(34)30(35)22-26;/h18-19,22-24H,4-17,20-21,25H2,1-3H3;1H/q+1;/p-1. The molecule has 0 radical (unpaired) electrons. The van der Waals surface area contributed by atoms with E-state index < -0.39 is 11.6 Å². The molecule has 0 unspecified atom stereocenters. The maximum absolute atomic E-state index is 13.9. The lowest BCUT2D eigenvalue weighted by atomic mass is 9.92. The van der Waals surface area contributed by atoms with Crippen molar-refractivity contribution in [3.05, 3.63) is 58.7 Å². The highest BCUT2D eigenvalue weighted by molar-refractivity contribution is 5.99. The maximum Gasteiger partial charge on any atom is 0.184 e. The van der Waals surface area contributed by atoms with Gasteiger partial charge in [0.1, 0.15) is 6.54 Å². The minimum Gasteiger partial charge on any atom is -1.00 e. The Bertz CT molecular complexity index is 1040. The first-order valence-electron chi connectivity index (χ1n) is 14.9. The molecular weight excluding hydrogens is 516 g/mol. The molecule has 6 heteroatoms. The van der Waals surface area contributed by atoms with Gasteiger partial charge in [-0.25, -0.2) is 13.4 Å². The molecule has 1 aliphatic rings. The van der Waals surface area contributed by atoms with E-state index in [1.807, 2.05) is 0 Å². The molecule has 1 heterocycles. The van der Waals surface area contributed by atoms with Crippen molar-refractivity contribution < 1.29 is 35.2 Å². The van der Waals surface area contributed by atoms with Crippen LogP contribution in [-0.2, 0) is 13.0 Å². The molecule has 218 valence electrons. The van der Waals surface area contributed by atoms with Crippen LogP contribution in [0.1, 0.15) is 114 Å². The van der Waals surface area contributed by atoms with Crippen molar-refractivity contribution in [3.63, 3.8) is 0 Å². The second-order valence-electron chi connectivity index (χ2n) is 10.7. The van der Waals surface area contributed by atoms with Gasteiger partial charge in [-0.15, -0.1) is 0 Å². The molecule has 0 fully saturated rings. The number of rotatable bonds is 18. The van der Waals surface area contributed by atoms with Gasteiger partial charge in [0.15, 0.2) is 35.4 Å². The van der Waals surface area contributed by atoms with Gasteiger partial charge in [-0.2, -0.15) is 0 Å². The fraction of sp³-hybridized carbons (Fsp3) is 0.606. The van der Waals surface area contributed by atoms with Gasteiger partial charge >= 0.3 is 0 Å². The van der Waals surface area contributed by atoms with Crippen molar-refractivity contribution in [1.29, 1.82) is 0 Å². The number of halogens is 3. The average molecular weight is 564 g/mol. The molecule has 1 aliphatic heterocycles. The molecule has 0 spiro atoms. The summed E-state index contributed by atoms with van der Waals surface area (Å²) in [7, 11) is 3.33. The topological polar surface area (TPSA) is 21.5 Å². The molecular formula is C33H48ClF2NO2. The van der Waals surface area contributed by atoms with Crippen molar-refractivity contribution in [2.75, 3.05) is 20.8 Å². The number of nitrogens with zero attached hydrogens (tertiary/aromatic N) is 1. The third kappa shape index (κ3) is 10.4. The summed E-state index contributed by atoms with van der Waals surface area (Å²) in [5.74, 6) is -0.112. The van der Waals surface area contributed by atoms with Crippen LogP contribution >= 0.6 is 0 Å². The minimum atomic E-state index is -0.800. The Balaban J connectivity index is 0.00000533. The van der Waals surface area contributed by atoms with Crippen LogP contribution in [0.15, 0.2) is 30.3 Å². The van der Waals surface area contributed by atoms with E-state index in [9.17, 15) is 8.78 Å². The molecule has 3 rings (SSSR count). The molecule has 2 aromatic carbocycles. The number of benzene rings is 2. The Morgan fingerprint density at radius 3 is 1.85 bits per heavy atom. The van der Waals surface area contributed by atoms with Gasteiger partial charge in [0.25, 0.3) is 0 Å². The number of methoxy groups -OCH3 is 2. The molecule has 0 aromatic heterocycles. The molecule has 0 amide bonds. The van der Waals surface area contributed by atoms with Gasteiger partial charge in [0, 0.05) is 24.0 Å². The lowest BCUT2D eigenvalue weighted by Crippen LogP contribution is -3.00. The number of hydrogen-bond acceptors (Lipinski definition) is 2. The number of unbranched alkanes of at least 4 members (excludes halogenated alkanes) is 12. The number of fused-ring (bicyclic) bond motifs is 1. The van der Waals surface area contributed by atoms with Crippen LogP contribution in [-0.4, -0.2) is 31.1 Å². The second-order valence-corrected chi connectivity index (χ2v) is 10.7. The summed E-state index contributed by atoms with van der Waals surface area (Å²) < 4.78 is 40.9. The highest BCUT2D eigenvalue weighted by Gasteiger charge is 2.28. The summed E-state index contributed by atoms with van der Waals surface area (Å²) in [5.41, 5.74) is 4.50. The third-order valence-electron chi connectivity index (χ3n) is 7.83. The van der Waals surface area contributed by atoms with Crippen molar-refractivity contribution in [2.24, 2.45) is 0 Å². The van der Waals surface area contributed by atoms with E-state index in [0.29, 0.717) is 6.54 Å². The third-order valence-corrected chi connectivity index (χ3v) is 7.83. The fourth-order valence-electron chi connectivity index (χ4n) is 5.59. The lowest BCUT2D eigenvalue weighted by Gasteiger charge is -2.21. The molecule has 0 saturated carbocycles. The summed E-state index contributed by atoms with van der Waals surface area (Å²) in [5, 5.41) is 0. The Morgan fingerprint density at radius 1 is 0.718 bits per heavy atom. The molecule has 0 atom stereocenters. The summed E-state index contributed by atoms with van der Waals surface area (Å²) in [6.45, 7) is 3.68. The smallest absolute Gasteiger partial charge is 0.184 e. The zero-order chi connectivity index (χ0) is 27.2. The first-order chi connectivity index (χ1) is 18.6. The molecule has 0 aliphatic carbocycles. The van der Waals surface area contributed by atoms with E-state index in [4.69, 9.17) is 9.47 Å². The highest BCUT2D eigenvalue weighted by Crippen LogP contribution is 2.33. The molecule has 0 saturated heterocycles. The van der Waals surface area contributed by atoms with E-state index in [-0.39, 0.29) is 12.4 Å². The van der Waals surface area contributed by atoms with Crippen LogP contribution < -0.4 is 21.9 Å². The molecule has 2 aromatic rings. The van der Waals surface area contributed by atoms with Crippen LogP contribution in [0.25, 0.3) is 0 Å². The monoisotopic (exact) mass is 563 g/mol. The predicted molar refractivity (Wildman–Crippen MR) is 153 cm³/mol. The van der Waals surface area contributed by atoms with Crippen molar-refractivity contribution in [1.82, 2.24) is 0 Å². The Morgan fingerprint density at radius 2 is 1.28 bits per heavy atom. The van der Waals surface area contributed by atoms with Crippen molar-refractivity contribution in [2.45, 2.75) is 110 Å². The minimum absolute atomic E-state index is 0. The summed E-state index contributed by atoms with van der Waals surface area (Å²) in [4.78, 5) is 0. The Hall–Kier alpha value is -2.14. The lowest BCUT2D eigenvalue weighted by molar-refractivity contribution is -0.545. The van der Waals surface area contributed by atoms with Crippen LogP contribution in [0.5, 0.6) is 11.5 Å². The van der Waals surface area contributed by atoms with Crippen LogP contribution in [0.3, 0.4) is 0 Å². The van der Waals surface area contributed by atoms with Crippen LogP contribution in [0.4, 0.5) is 8.78 Å². The van der Waals surface area contributed by atoms with E-state index >= 15 is 0 Å². The van der Waals surface area contributed by atoms with E-state index in [2.05, 4.69) is 23.6 Å². The molecule has 0 bridgehead atoms. The van der Waals surface area contributed by atoms with E-state index in [1.165, 1.54) is 106 Å². The van der Waals surface area contributed by atoms with Gasteiger partial charge in [0.2, 0.25) is 0 Å².